The van der Waals surface area contributed by atoms with Gasteiger partial charge in [0.05, 0.1) is 13.2 Å². The molecular formula is C16H17Cl2N3O3. The van der Waals surface area contributed by atoms with Crippen molar-refractivity contribution >= 4 is 29.1 Å². The molecule has 0 unspecified atom stereocenters. The van der Waals surface area contributed by atoms with Crippen molar-refractivity contribution in [3.05, 3.63) is 45.5 Å². The zero-order chi connectivity index (χ0) is 17.1. The molecule has 1 aliphatic rings. The molecule has 3 rings (SSSR count). The van der Waals surface area contributed by atoms with Crippen LogP contribution in [0, 0.1) is 6.92 Å². The summed E-state index contributed by atoms with van der Waals surface area (Å²) in [6, 6.07) is 4.97. The van der Waals surface area contributed by atoms with Crippen molar-refractivity contribution in [1.29, 1.82) is 0 Å². The van der Waals surface area contributed by atoms with Crippen molar-refractivity contribution in [2.75, 3.05) is 19.8 Å². The SMILES string of the molecule is Cc1noc([C@H]2COCCN2C(=O)CCc2cc(Cl)cc(Cl)c2)n1. The van der Waals surface area contributed by atoms with Crippen LogP contribution in [0.4, 0.5) is 0 Å². The van der Waals surface area contributed by atoms with Gasteiger partial charge in [0.1, 0.15) is 6.04 Å². The monoisotopic (exact) mass is 369 g/mol. The number of halogens is 2. The number of rotatable bonds is 4. The smallest absolute Gasteiger partial charge is 0.251 e. The lowest BCUT2D eigenvalue weighted by atomic mass is 10.1. The Bertz CT molecular complexity index is 715. The van der Waals surface area contributed by atoms with Gasteiger partial charge in [0.15, 0.2) is 5.82 Å². The summed E-state index contributed by atoms with van der Waals surface area (Å²) in [5, 5.41) is 4.92. The Kier molecular flexibility index (Phi) is 5.38. The van der Waals surface area contributed by atoms with E-state index < -0.39 is 0 Å². The van der Waals surface area contributed by atoms with Gasteiger partial charge in [0.2, 0.25) is 5.91 Å². The van der Waals surface area contributed by atoms with E-state index in [0.29, 0.717) is 54.4 Å². The van der Waals surface area contributed by atoms with Crippen molar-refractivity contribution in [3.63, 3.8) is 0 Å². The van der Waals surface area contributed by atoms with Gasteiger partial charge in [-0.05, 0) is 37.1 Å². The zero-order valence-electron chi connectivity index (χ0n) is 13.2. The van der Waals surface area contributed by atoms with Crippen LogP contribution in [0.15, 0.2) is 22.7 Å². The van der Waals surface area contributed by atoms with Crippen LogP contribution in [0.1, 0.15) is 29.7 Å². The second-order valence-corrected chi connectivity index (χ2v) is 6.51. The second kappa shape index (κ2) is 7.51. The van der Waals surface area contributed by atoms with Gasteiger partial charge in [-0.25, -0.2) is 0 Å². The molecule has 0 spiro atoms. The highest BCUT2D eigenvalue weighted by molar-refractivity contribution is 6.34. The standard InChI is InChI=1S/C16H17Cl2N3O3/c1-10-19-16(24-20-10)14-9-23-5-4-21(14)15(22)3-2-11-6-12(17)8-13(18)7-11/h6-8,14H,2-5,9H2,1H3/t14-/m1/s1. The Morgan fingerprint density at radius 2 is 2.08 bits per heavy atom. The Labute approximate surface area is 149 Å². The van der Waals surface area contributed by atoms with Crippen molar-refractivity contribution in [3.8, 4) is 0 Å². The molecule has 128 valence electrons. The second-order valence-electron chi connectivity index (χ2n) is 5.64. The number of aromatic nitrogens is 2. The molecule has 1 atom stereocenters. The van der Waals surface area contributed by atoms with Crippen molar-refractivity contribution < 1.29 is 14.1 Å². The van der Waals surface area contributed by atoms with E-state index in [9.17, 15) is 4.79 Å². The third-order valence-corrected chi connectivity index (χ3v) is 4.26. The van der Waals surface area contributed by atoms with E-state index in [1.54, 1.807) is 17.9 Å². The number of ether oxygens (including phenoxy) is 1. The fraction of sp³-hybridized carbons (Fsp3) is 0.438. The largest absolute Gasteiger partial charge is 0.377 e. The molecule has 0 N–H and O–H groups in total. The number of nitrogens with zero attached hydrogens (tertiary/aromatic N) is 3. The molecule has 2 heterocycles. The van der Waals surface area contributed by atoms with Crippen LogP contribution in [-0.4, -0.2) is 40.7 Å². The molecule has 6 nitrogen and oxygen atoms in total. The minimum Gasteiger partial charge on any atom is -0.377 e. The van der Waals surface area contributed by atoms with E-state index >= 15 is 0 Å². The van der Waals surface area contributed by atoms with Crippen molar-refractivity contribution in [2.24, 2.45) is 0 Å². The van der Waals surface area contributed by atoms with Crippen LogP contribution in [0.3, 0.4) is 0 Å². The van der Waals surface area contributed by atoms with E-state index in [1.165, 1.54) is 0 Å². The van der Waals surface area contributed by atoms with Crippen molar-refractivity contribution in [1.82, 2.24) is 15.0 Å². The molecule has 8 heteroatoms. The molecule has 0 bridgehead atoms. The summed E-state index contributed by atoms with van der Waals surface area (Å²) in [6.45, 7) is 3.10. The molecule has 0 aliphatic carbocycles. The zero-order valence-corrected chi connectivity index (χ0v) is 14.7. The minimum absolute atomic E-state index is 0.00949. The molecule has 1 aromatic heterocycles. The molecule has 1 amide bonds. The van der Waals surface area contributed by atoms with Crippen LogP contribution >= 0.6 is 23.2 Å². The number of morpholine rings is 1. The van der Waals surface area contributed by atoms with E-state index in [4.69, 9.17) is 32.5 Å². The van der Waals surface area contributed by atoms with Crippen LogP contribution in [0.2, 0.25) is 10.0 Å². The Morgan fingerprint density at radius 3 is 2.75 bits per heavy atom. The van der Waals surface area contributed by atoms with E-state index in [2.05, 4.69) is 10.1 Å². The Balaban J connectivity index is 1.68. The van der Waals surface area contributed by atoms with Crippen LogP contribution in [-0.2, 0) is 16.0 Å². The predicted octanol–water partition coefficient (Wildman–Crippen LogP) is 3.22. The molecule has 1 fully saturated rings. The number of aryl methyl sites for hydroxylation is 2. The number of hydrogen-bond donors (Lipinski definition) is 0. The molecule has 1 saturated heterocycles. The molecule has 1 aliphatic heterocycles. The Morgan fingerprint density at radius 1 is 1.33 bits per heavy atom. The first-order valence-electron chi connectivity index (χ1n) is 7.65. The lowest BCUT2D eigenvalue weighted by Gasteiger charge is -2.33. The first-order chi connectivity index (χ1) is 11.5. The quantitative estimate of drug-likeness (QED) is 0.827. The lowest BCUT2D eigenvalue weighted by molar-refractivity contribution is -0.141. The van der Waals surface area contributed by atoms with Gasteiger partial charge in [-0.2, -0.15) is 4.98 Å². The normalized spacial score (nSPS) is 18.0. The molecule has 0 radical (unpaired) electrons. The molecule has 0 saturated carbocycles. The van der Waals surface area contributed by atoms with Gasteiger partial charge in [0.25, 0.3) is 5.89 Å². The van der Waals surface area contributed by atoms with Crippen LogP contribution < -0.4 is 0 Å². The summed E-state index contributed by atoms with van der Waals surface area (Å²) in [6.07, 6.45) is 0.909. The maximum absolute atomic E-state index is 12.6. The average molecular weight is 370 g/mol. The lowest BCUT2D eigenvalue weighted by Crippen LogP contribution is -2.43. The van der Waals surface area contributed by atoms with Crippen molar-refractivity contribution in [2.45, 2.75) is 25.8 Å². The van der Waals surface area contributed by atoms with E-state index in [1.807, 2.05) is 12.1 Å². The van der Waals surface area contributed by atoms with Gasteiger partial charge in [-0.3, -0.25) is 4.79 Å². The van der Waals surface area contributed by atoms with Gasteiger partial charge in [-0.1, -0.05) is 28.4 Å². The maximum atomic E-state index is 12.6. The van der Waals surface area contributed by atoms with E-state index in [-0.39, 0.29) is 11.9 Å². The van der Waals surface area contributed by atoms with Gasteiger partial charge in [-0.15, -0.1) is 0 Å². The Hall–Kier alpha value is -1.63. The molecule has 24 heavy (non-hydrogen) atoms. The molecule has 1 aromatic carbocycles. The fourth-order valence-corrected chi connectivity index (χ4v) is 3.28. The third-order valence-electron chi connectivity index (χ3n) is 3.83. The average Bonchev–Trinajstić information content (AvgIpc) is 2.98. The number of amides is 1. The van der Waals surface area contributed by atoms with Crippen LogP contribution in [0.25, 0.3) is 0 Å². The first kappa shape index (κ1) is 17.2. The van der Waals surface area contributed by atoms with Gasteiger partial charge < -0.3 is 14.2 Å². The number of carbonyl (C=O) groups is 1. The molecule has 2 aromatic rings. The predicted molar refractivity (Wildman–Crippen MR) is 89.1 cm³/mol. The topological polar surface area (TPSA) is 68.5 Å². The summed E-state index contributed by atoms with van der Waals surface area (Å²) in [5.74, 6) is 0.957. The summed E-state index contributed by atoms with van der Waals surface area (Å²) in [7, 11) is 0. The number of carbonyl (C=O) groups excluding carboxylic acids is 1. The minimum atomic E-state index is -0.338. The van der Waals surface area contributed by atoms with Gasteiger partial charge >= 0.3 is 0 Å². The van der Waals surface area contributed by atoms with Crippen LogP contribution in [0.5, 0.6) is 0 Å². The number of hydrogen-bond acceptors (Lipinski definition) is 5. The highest BCUT2D eigenvalue weighted by Crippen LogP contribution is 2.25. The maximum Gasteiger partial charge on any atom is 0.251 e. The van der Waals surface area contributed by atoms with E-state index in [0.717, 1.165) is 5.56 Å². The summed E-state index contributed by atoms with van der Waals surface area (Å²) in [4.78, 5) is 18.6. The molecular weight excluding hydrogens is 353 g/mol. The van der Waals surface area contributed by atoms with Gasteiger partial charge in [0, 0.05) is 23.0 Å². The number of benzene rings is 1. The summed E-state index contributed by atoms with van der Waals surface area (Å²) < 4.78 is 10.7. The summed E-state index contributed by atoms with van der Waals surface area (Å²) in [5.41, 5.74) is 0.930. The third kappa shape index (κ3) is 4.06. The highest BCUT2D eigenvalue weighted by Gasteiger charge is 2.32. The first-order valence-corrected chi connectivity index (χ1v) is 8.41. The highest BCUT2D eigenvalue weighted by atomic mass is 35.5. The fourth-order valence-electron chi connectivity index (χ4n) is 2.71. The summed E-state index contributed by atoms with van der Waals surface area (Å²) >= 11 is 12.0.